The van der Waals surface area contributed by atoms with Gasteiger partial charge in [-0.3, -0.25) is 9.58 Å². The second-order valence-electron chi connectivity index (χ2n) is 5.86. The Morgan fingerprint density at radius 1 is 1.39 bits per heavy atom. The van der Waals surface area contributed by atoms with Crippen molar-refractivity contribution in [3.05, 3.63) is 18.0 Å². The molecule has 0 bridgehead atoms. The highest BCUT2D eigenvalue weighted by Gasteiger charge is 2.34. The van der Waals surface area contributed by atoms with Crippen LogP contribution in [-0.4, -0.2) is 32.4 Å². The van der Waals surface area contributed by atoms with Gasteiger partial charge in [0.05, 0.1) is 24.3 Å². The first kappa shape index (κ1) is 12.9. The average Bonchev–Trinajstić information content (AvgIpc) is 2.68. The minimum atomic E-state index is -0.461. The molecule has 0 aromatic carbocycles. The van der Waals surface area contributed by atoms with Crippen LogP contribution in [0.25, 0.3) is 0 Å². The van der Waals surface area contributed by atoms with E-state index in [9.17, 15) is 4.79 Å². The highest BCUT2D eigenvalue weighted by Crippen LogP contribution is 2.27. The van der Waals surface area contributed by atoms with Crippen molar-refractivity contribution in [3.63, 3.8) is 0 Å². The molecule has 2 heterocycles. The monoisotopic (exact) mass is 251 g/mol. The Morgan fingerprint density at radius 3 is 2.67 bits per heavy atom. The summed E-state index contributed by atoms with van der Waals surface area (Å²) in [5.74, 6) is 0. The van der Waals surface area contributed by atoms with Crippen LogP contribution in [0.15, 0.2) is 12.3 Å². The Bertz CT molecular complexity index is 447. The van der Waals surface area contributed by atoms with E-state index >= 15 is 0 Å². The minimum absolute atomic E-state index is 0.0762. The average molecular weight is 251 g/mol. The van der Waals surface area contributed by atoms with Gasteiger partial charge in [0.1, 0.15) is 5.60 Å². The molecule has 2 rings (SSSR count). The van der Waals surface area contributed by atoms with Crippen molar-refractivity contribution in [1.29, 1.82) is 0 Å². The fraction of sp³-hybridized carbons (Fsp3) is 0.692. The number of nitrogens with zero attached hydrogens (tertiary/aromatic N) is 3. The lowest BCUT2D eigenvalue weighted by molar-refractivity contribution is 0.00410. The van der Waals surface area contributed by atoms with Gasteiger partial charge in [-0.05, 0) is 40.7 Å². The molecule has 0 spiro atoms. The Hall–Kier alpha value is -1.52. The summed E-state index contributed by atoms with van der Waals surface area (Å²) in [5.41, 5.74) is 0.587. The molecular formula is C13H21N3O2. The van der Waals surface area contributed by atoms with Gasteiger partial charge in [-0.15, -0.1) is 0 Å². The SMILES string of the molecule is C[C@H]1[C@H](C)n2nccc2CN1C(=O)OC(C)(C)C. The summed E-state index contributed by atoms with van der Waals surface area (Å²) in [5, 5.41) is 4.29. The van der Waals surface area contributed by atoms with Crippen molar-refractivity contribution in [2.45, 2.75) is 58.8 Å². The van der Waals surface area contributed by atoms with E-state index in [2.05, 4.69) is 12.0 Å². The molecule has 1 amide bonds. The van der Waals surface area contributed by atoms with E-state index in [0.29, 0.717) is 6.54 Å². The third kappa shape index (κ3) is 2.35. The van der Waals surface area contributed by atoms with Crippen molar-refractivity contribution < 1.29 is 9.53 Å². The topological polar surface area (TPSA) is 47.4 Å². The zero-order valence-electron chi connectivity index (χ0n) is 11.7. The van der Waals surface area contributed by atoms with Gasteiger partial charge in [-0.2, -0.15) is 5.10 Å². The van der Waals surface area contributed by atoms with Crippen LogP contribution >= 0.6 is 0 Å². The summed E-state index contributed by atoms with van der Waals surface area (Å²) in [7, 11) is 0. The van der Waals surface area contributed by atoms with E-state index in [-0.39, 0.29) is 18.2 Å². The number of hydrogen-bond donors (Lipinski definition) is 0. The Labute approximate surface area is 108 Å². The summed E-state index contributed by atoms with van der Waals surface area (Å²) < 4.78 is 7.42. The van der Waals surface area contributed by atoms with Crippen molar-refractivity contribution in [3.8, 4) is 0 Å². The molecule has 0 unspecified atom stereocenters. The lowest BCUT2D eigenvalue weighted by Crippen LogP contribution is -2.48. The third-order valence-electron chi connectivity index (χ3n) is 3.29. The van der Waals surface area contributed by atoms with Gasteiger partial charge in [0.2, 0.25) is 0 Å². The maximum atomic E-state index is 12.2. The van der Waals surface area contributed by atoms with Crippen molar-refractivity contribution in [2.24, 2.45) is 0 Å². The van der Waals surface area contributed by atoms with Gasteiger partial charge in [0.15, 0.2) is 0 Å². The number of rotatable bonds is 0. The molecule has 1 aliphatic rings. The summed E-state index contributed by atoms with van der Waals surface area (Å²) in [4.78, 5) is 13.9. The molecule has 0 saturated heterocycles. The molecule has 1 aliphatic heterocycles. The molecule has 0 radical (unpaired) electrons. The van der Waals surface area contributed by atoms with E-state index in [0.717, 1.165) is 5.69 Å². The molecule has 18 heavy (non-hydrogen) atoms. The van der Waals surface area contributed by atoms with Crippen LogP contribution in [0.2, 0.25) is 0 Å². The van der Waals surface area contributed by atoms with Crippen molar-refractivity contribution in [2.75, 3.05) is 0 Å². The standard InChI is InChI=1S/C13H21N3O2/c1-9-10(2)16-11(6-7-14-16)8-15(9)12(17)18-13(3,4)5/h6-7,9-10H,8H2,1-5H3/t9-,10-/m0/s1. The van der Waals surface area contributed by atoms with Gasteiger partial charge in [-0.1, -0.05) is 0 Å². The molecular weight excluding hydrogens is 230 g/mol. The lowest BCUT2D eigenvalue weighted by Gasteiger charge is -2.39. The fourth-order valence-corrected chi connectivity index (χ4v) is 2.17. The van der Waals surface area contributed by atoms with Gasteiger partial charge in [-0.25, -0.2) is 4.79 Å². The van der Waals surface area contributed by atoms with Crippen LogP contribution in [0, 0.1) is 0 Å². The van der Waals surface area contributed by atoms with Crippen molar-refractivity contribution in [1.82, 2.24) is 14.7 Å². The van der Waals surface area contributed by atoms with Crippen LogP contribution in [-0.2, 0) is 11.3 Å². The molecule has 0 saturated carbocycles. The quantitative estimate of drug-likeness (QED) is 0.712. The smallest absolute Gasteiger partial charge is 0.410 e. The molecule has 1 aromatic rings. The second kappa shape index (κ2) is 4.30. The maximum absolute atomic E-state index is 12.2. The van der Waals surface area contributed by atoms with E-state index in [1.807, 2.05) is 38.4 Å². The Morgan fingerprint density at radius 2 is 2.06 bits per heavy atom. The maximum Gasteiger partial charge on any atom is 0.410 e. The summed E-state index contributed by atoms with van der Waals surface area (Å²) in [6, 6.07) is 2.18. The minimum Gasteiger partial charge on any atom is -0.444 e. The van der Waals surface area contributed by atoms with Crippen LogP contribution in [0.1, 0.15) is 46.4 Å². The number of carbonyl (C=O) groups is 1. The molecule has 100 valence electrons. The lowest BCUT2D eigenvalue weighted by atomic mass is 10.1. The van der Waals surface area contributed by atoms with Crippen LogP contribution in [0.5, 0.6) is 0 Å². The first-order chi connectivity index (χ1) is 8.29. The van der Waals surface area contributed by atoms with Crippen LogP contribution in [0.4, 0.5) is 4.79 Å². The molecule has 5 heteroatoms. The summed E-state index contributed by atoms with van der Waals surface area (Å²) in [6.45, 7) is 10.3. The van der Waals surface area contributed by atoms with Gasteiger partial charge in [0, 0.05) is 6.20 Å². The summed E-state index contributed by atoms with van der Waals surface area (Å²) in [6.07, 6.45) is 1.52. The molecule has 1 aromatic heterocycles. The number of fused-ring (bicyclic) bond motifs is 1. The van der Waals surface area contributed by atoms with Gasteiger partial charge < -0.3 is 4.74 Å². The fourth-order valence-electron chi connectivity index (χ4n) is 2.17. The molecule has 2 atom stereocenters. The second-order valence-corrected chi connectivity index (χ2v) is 5.86. The van der Waals surface area contributed by atoms with Gasteiger partial charge >= 0.3 is 6.09 Å². The number of carbonyl (C=O) groups excluding carboxylic acids is 1. The highest BCUT2D eigenvalue weighted by atomic mass is 16.6. The number of amides is 1. The van der Waals surface area contributed by atoms with E-state index < -0.39 is 5.60 Å². The Kier molecular flexibility index (Phi) is 3.09. The van der Waals surface area contributed by atoms with E-state index in [1.165, 1.54) is 0 Å². The predicted molar refractivity (Wildman–Crippen MR) is 68.2 cm³/mol. The number of hydrogen-bond acceptors (Lipinski definition) is 3. The van der Waals surface area contributed by atoms with E-state index in [1.54, 1.807) is 11.1 Å². The van der Waals surface area contributed by atoms with Crippen LogP contribution < -0.4 is 0 Å². The van der Waals surface area contributed by atoms with E-state index in [4.69, 9.17) is 4.74 Å². The predicted octanol–water partition coefficient (Wildman–Crippen LogP) is 2.58. The Balaban J connectivity index is 2.19. The molecule has 0 aliphatic carbocycles. The van der Waals surface area contributed by atoms with Crippen molar-refractivity contribution >= 4 is 6.09 Å². The zero-order chi connectivity index (χ0) is 13.5. The summed E-state index contributed by atoms with van der Waals surface area (Å²) >= 11 is 0. The molecule has 0 fully saturated rings. The molecule has 0 N–H and O–H groups in total. The number of ether oxygens (including phenoxy) is 1. The highest BCUT2D eigenvalue weighted by molar-refractivity contribution is 5.68. The number of aromatic nitrogens is 2. The first-order valence-electron chi connectivity index (χ1n) is 6.31. The third-order valence-corrected chi connectivity index (χ3v) is 3.29. The largest absolute Gasteiger partial charge is 0.444 e. The first-order valence-corrected chi connectivity index (χ1v) is 6.31. The zero-order valence-corrected chi connectivity index (χ0v) is 11.7. The van der Waals surface area contributed by atoms with Gasteiger partial charge in [0.25, 0.3) is 0 Å². The molecule has 5 nitrogen and oxygen atoms in total. The normalized spacial score (nSPS) is 23.7. The van der Waals surface area contributed by atoms with Crippen LogP contribution in [0.3, 0.4) is 0 Å².